The number of carbonyl (C=O) groups is 1. The Labute approximate surface area is 145 Å². The molecule has 2 nitrogen and oxygen atoms in total. The average molecular weight is 323 g/mol. The Bertz CT molecular complexity index is 669. The Kier molecular flexibility index (Phi) is 5.68. The topological polar surface area (TPSA) is 20.3 Å². The second-order valence-corrected chi connectivity index (χ2v) is 7.20. The van der Waals surface area contributed by atoms with Gasteiger partial charge in [-0.3, -0.25) is 0 Å². The maximum atomic E-state index is 12.4. The van der Waals surface area contributed by atoms with Crippen molar-refractivity contribution in [3.05, 3.63) is 48.0 Å². The quantitative estimate of drug-likeness (QED) is 0.640. The molecule has 2 aromatic carbocycles. The molecule has 2 aromatic rings. The third-order valence-electron chi connectivity index (χ3n) is 5.60. The van der Waals surface area contributed by atoms with Crippen LogP contribution in [0.25, 0.3) is 10.8 Å². The first-order valence-corrected chi connectivity index (χ1v) is 9.46. The Morgan fingerprint density at radius 1 is 1.04 bits per heavy atom. The summed E-state index contributed by atoms with van der Waals surface area (Å²) in [6.07, 6.45) is 7.97. The number of likely N-dealkylation sites (tertiary alicyclic amines) is 1. The lowest BCUT2D eigenvalue weighted by molar-refractivity contribution is -0.113. The number of hydrogen-bond acceptors (Lipinski definition) is 2. The summed E-state index contributed by atoms with van der Waals surface area (Å²) in [6.45, 7) is 5.63. The highest BCUT2D eigenvalue weighted by molar-refractivity contribution is 5.90. The predicted molar refractivity (Wildman–Crippen MR) is 102 cm³/mol. The van der Waals surface area contributed by atoms with Crippen LogP contribution < -0.4 is 0 Å². The number of carbonyl (C=O) groups excluding carboxylic acids is 1. The predicted octanol–water partition coefficient (Wildman–Crippen LogP) is 4.95. The summed E-state index contributed by atoms with van der Waals surface area (Å²) in [7, 11) is 0. The van der Waals surface area contributed by atoms with E-state index in [9.17, 15) is 4.79 Å². The van der Waals surface area contributed by atoms with Crippen LogP contribution in [0.3, 0.4) is 0 Å². The van der Waals surface area contributed by atoms with Crippen LogP contribution in [0.1, 0.15) is 51.0 Å². The molecular formula is C22H29NO. The number of unbranched alkanes of at least 4 members (excludes halogenated alkanes) is 1. The number of benzene rings is 2. The van der Waals surface area contributed by atoms with E-state index in [0.717, 1.165) is 32.2 Å². The van der Waals surface area contributed by atoms with Crippen molar-refractivity contribution in [3.63, 3.8) is 0 Å². The van der Waals surface area contributed by atoms with E-state index in [2.05, 4.69) is 54.3 Å². The van der Waals surface area contributed by atoms with Crippen LogP contribution >= 0.6 is 0 Å². The SMILES string of the molecule is CCCCC(C=O)(CCN1CCCC1)c1cccc2ccccc12. The summed E-state index contributed by atoms with van der Waals surface area (Å²) in [6, 6.07) is 14.9. The van der Waals surface area contributed by atoms with Crippen molar-refractivity contribution in [2.24, 2.45) is 0 Å². The van der Waals surface area contributed by atoms with Crippen LogP contribution in [0.4, 0.5) is 0 Å². The molecule has 0 N–H and O–H groups in total. The van der Waals surface area contributed by atoms with Gasteiger partial charge in [0.15, 0.2) is 0 Å². The highest BCUT2D eigenvalue weighted by Gasteiger charge is 2.33. The molecule has 0 aliphatic carbocycles. The number of fused-ring (bicyclic) bond motifs is 1. The summed E-state index contributed by atoms with van der Waals surface area (Å²) >= 11 is 0. The van der Waals surface area contributed by atoms with Gasteiger partial charge in [0, 0.05) is 0 Å². The summed E-state index contributed by atoms with van der Waals surface area (Å²) in [5, 5.41) is 2.48. The number of aldehydes is 1. The molecule has 1 aliphatic rings. The molecule has 1 aliphatic heterocycles. The van der Waals surface area contributed by atoms with E-state index in [1.807, 2.05) is 0 Å². The van der Waals surface area contributed by atoms with Gasteiger partial charge in [-0.2, -0.15) is 0 Å². The molecule has 1 saturated heterocycles. The minimum Gasteiger partial charge on any atom is -0.303 e. The second-order valence-electron chi connectivity index (χ2n) is 7.20. The van der Waals surface area contributed by atoms with Gasteiger partial charge in [-0.25, -0.2) is 0 Å². The third kappa shape index (κ3) is 3.54. The minimum atomic E-state index is -0.348. The van der Waals surface area contributed by atoms with Crippen molar-refractivity contribution in [2.45, 2.75) is 50.9 Å². The Balaban J connectivity index is 1.96. The molecular weight excluding hydrogens is 294 g/mol. The number of nitrogens with zero attached hydrogens (tertiary/aromatic N) is 1. The zero-order valence-corrected chi connectivity index (χ0v) is 14.8. The van der Waals surface area contributed by atoms with E-state index in [-0.39, 0.29) is 5.41 Å². The lowest BCUT2D eigenvalue weighted by Crippen LogP contribution is -2.34. The lowest BCUT2D eigenvalue weighted by Gasteiger charge is -2.32. The van der Waals surface area contributed by atoms with Gasteiger partial charge >= 0.3 is 0 Å². The van der Waals surface area contributed by atoms with E-state index in [4.69, 9.17) is 0 Å². The molecule has 128 valence electrons. The monoisotopic (exact) mass is 323 g/mol. The lowest BCUT2D eigenvalue weighted by atomic mass is 9.73. The van der Waals surface area contributed by atoms with E-state index < -0.39 is 0 Å². The van der Waals surface area contributed by atoms with Crippen LogP contribution in [0.15, 0.2) is 42.5 Å². The summed E-state index contributed by atoms with van der Waals surface area (Å²) in [5.74, 6) is 0. The van der Waals surface area contributed by atoms with Crippen LogP contribution in [0, 0.1) is 0 Å². The van der Waals surface area contributed by atoms with Crippen molar-refractivity contribution in [1.29, 1.82) is 0 Å². The average Bonchev–Trinajstić information content (AvgIpc) is 3.16. The highest BCUT2D eigenvalue weighted by Crippen LogP contribution is 2.36. The zero-order chi connectivity index (χ0) is 16.8. The molecule has 1 unspecified atom stereocenters. The van der Waals surface area contributed by atoms with Crippen molar-refractivity contribution in [3.8, 4) is 0 Å². The summed E-state index contributed by atoms with van der Waals surface area (Å²) < 4.78 is 0. The van der Waals surface area contributed by atoms with Gasteiger partial charge in [-0.15, -0.1) is 0 Å². The van der Waals surface area contributed by atoms with Crippen LogP contribution in [-0.4, -0.2) is 30.8 Å². The van der Waals surface area contributed by atoms with Crippen molar-refractivity contribution < 1.29 is 4.79 Å². The first-order chi connectivity index (χ1) is 11.8. The normalized spacial score (nSPS) is 17.9. The van der Waals surface area contributed by atoms with Crippen molar-refractivity contribution in [2.75, 3.05) is 19.6 Å². The maximum Gasteiger partial charge on any atom is 0.130 e. The zero-order valence-electron chi connectivity index (χ0n) is 14.8. The Hall–Kier alpha value is -1.67. The number of rotatable bonds is 8. The highest BCUT2D eigenvalue weighted by atomic mass is 16.1. The summed E-state index contributed by atoms with van der Waals surface area (Å²) in [5.41, 5.74) is 0.877. The molecule has 2 heteroatoms. The fourth-order valence-electron chi connectivity index (χ4n) is 4.09. The van der Waals surface area contributed by atoms with Crippen LogP contribution in [0.2, 0.25) is 0 Å². The molecule has 0 aromatic heterocycles. The second kappa shape index (κ2) is 7.94. The van der Waals surface area contributed by atoms with E-state index in [0.29, 0.717) is 0 Å². The van der Waals surface area contributed by atoms with Gasteiger partial charge < -0.3 is 9.69 Å². The van der Waals surface area contributed by atoms with Gasteiger partial charge in [0.1, 0.15) is 6.29 Å². The summed E-state index contributed by atoms with van der Waals surface area (Å²) in [4.78, 5) is 14.9. The van der Waals surface area contributed by atoms with E-state index >= 15 is 0 Å². The van der Waals surface area contributed by atoms with Gasteiger partial charge in [0.05, 0.1) is 5.41 Å². The van der Waals surface area contributed by atoms with Gasteiger partial charge in [0.2, 0.25) is 0 Å². The fraction of sp³-hybridized carbons (Fsp3) is 0.500. The first-order valence-electron chi connectivity index (χ1n) is 9.46. The largest absolute Gasteiger partial charge is 0.303 e. The minimum absolute atomic E-state index is 0.348. The standard InChI is InChI=1S/C22H29NO/c1-2-3-13-22(18-24,14-17-23-15-6-7-16-23)21-12-8-10-19-9-4-5-11-20(19)21/h4-5,8-12,18H,2-3,6-7,13-17H2,1H3. The Morgan fingerprint density at radius 3 is 2.54 bits per heavy atom. The first kappa shape index (κ1) is 17.2. The Morgan fingerprint density at radius 2 is 1.79 bits per heavy atom. The van der Waals surface area contributed by atoms with Gasteiger partial charge in [0.25, 0.3) is 0 Å². The maximum absolute atomic E-state index is 12.4. The molecule has 1 heterocycles. The van der Waals surface area contributed by atoms with Crippen molar-refractivity contribution in [1.82, 2.24) is 4.90 Å². The molecule has 1 atom stereocenters. The van der Waals surface area contributed by atoms with E-state index in [1.54, 1.807) is 0 Å². The van der Waals surface area contributed by atoms with Gasteiger partial charge in [-0.05, 0) is 61.7 Å². The fourth-order valence-corrected chi connectivity index (χ4v) is 4.09. The molecule has 0 radical (unpaired) electrons. The van der Waals surface area contributed by atoms with Crippen LogP contribution in [-0.2, 0) is 10.2 Å². The molecule has 0 amide bonds. The smallest absolute Gasteiger partial charge is 0.130 e. The van der Waals surface area contributed by atoms with Gasteiger partial charge in [-0.1, -0.05) is 62.2 Å². The van der Waals surface area contributed by atoms with Crippen LogP contribution in [0.5, 0.6) is 0 Å². The number of hydrogen-bond donors (Lipinski definition) is 0. The molecule has 0 bridgehead atoms. The molecule has 24 heavy (non-hydrogen) atoms. The molecule has 1 fully saturated rings. The third-order valence-corrected chi connectivity index (χ3v) is 5.60. The van der Waals surface area contributed by atoms with Crippen molar-refractivity contribution >= 4 is 17.1 Å². The molecule has 0 saturated carbocycles. The van der Waals surface area contributed by atoms with E-state index in [1.165, 1.54) is 48.6 Å². The molecule has 3 rings (SSSR count). The molecule has 0 spiro atoms.